The third kappa shape index (κ3) is 3.09. The number of rotatable bonds is 4. The van der Waals surface area contributed by atoms with Gasteiger partial charge in [0.15, 0.2) is 0 Å². The van der Waals surface area contributed by atoms with E-state index in [0.29, 0.717) is 12.1 Å². The topological polar surface area (TPSA) is 95.5 Å². The van der Waals surface area contributed by atoms with Crippen LogP contribution in [-0.4, -0.2) is 22.9 Å². The molecule has 0 aromatic heterocycles. The summed E-state index contributed by atoms with van der Waals surface area (Å²) < 4.78 is 0. The van der Waals surface area contributed by atoms with Crippen LogP contribution in [0, 0.1) is 5.92 Å². The Hall–Kier alpha value is -2.37. The van der Waals surface area contributed by atoms with Gasteiger partial charge in [0.05, 0.1) is 12.3 Å². The molecule has 0 saturated carbocycles. The number of fused-ring (bicyclic) bond motifs is 1. The number of hydrogen-bond acceptors (Lipinski definition) is 3. The average molecular weight is 262 g/mol. The van der Waals surface area contributed by atoms with Gasteiger partial charge in [-0.1, -0.05) is 6.92 Å². The lowest BCUT2D eigenvalue weighted by molar-refractivity contribution is -0.142. The standard InChI is InChI=1S/C13H14N2O4/c1-7(13(18)19)4-11(16)14-9-2-3-10-8(5-9)6-12(17)15-10/h2-3,5,7H,4,6H2,1H3,(H,14,16)(H,15,17)(H,18,19). The summed E-state index contributed by atoms with van der Waals surface area (Å²) in [6, 6.07) is 5.11. The monoisotopic (exact) mass is 262 g/mol. The second-order valence-corrected chi connectivity index (χ2v) is 4.59. The predicted molar refractivity (Wildman–Crippen MR) is 68.8 cm³/mol. The molecular formula is C13H14N2O4. The summed E-state index contributed by atoms with van der Waals surface area (Å²) in [6.07, 6.45) is 0.216. The van der Waals surface area contributed by atoms with Crippen molar-refractivity contribution in [3.8, 4) is 0 Å². The largest absolute Gasteiger partial charge is 0.481 e. The summed E-state index contributed by atoms with van der Waals surface area (Å²) in [4.78, 5) is 33.5. The highest BCUT2D eigenvalue weighted by atomic mass is 16.4. The van der Waals surface area contributed by atoms with E-state index in [4.69, 9.17) is 5.11 Å². The number of carbonyl (C=O) groups excluding carboxylic acids is 2. The van der Waals surface area contributed by atoms with Crippen molar-refractivity contribution >= 4 is 29.2 Å². The van der Waals surface area contributed by atoms with Crippen LogP contribution in [0.15, 0.2) is 18.2 Å². The van der Waals surface area contributed by atoms with Crippen molar-refractivity contribution in [1.29, 1.82) is 0 Å². The molecule has 0 fully saturated rings. The first-order chi connectivity index (χ1) is 8.95. The minimum atomic E-state index is -1.00. The van der Waals surface area contributed by atoms with Gasteiger partial charge in [0, 0.05) is 17.8 Å². The number of anilines is 2. The molecule has 19 heavy (non-hydrogen) atoms. The molecule has 1 atom stereocenters. The van der Waals surface area contributed by atoms with Gasteiger partial charge in [-0.2, -0.15) is 0 Å². The Bertz CT molecular complexity index is 554. The number of benzene rings is 1. The maximum Gasteiger partial charge on any atom is 0.306 e. The van der Waals surface area contributed by atoms with E-state index < -0.39 is 11.9 Å². The summed E-state index contributed by atoms with van der Waals surface area (Å²) in [5.74, 6) is -2.15. The van der Waals surface area contributed by atoms with E-state index in [2.05, 4.69) is 10.6 Å². The van der Waals surface area contributed by atoms with Crippen LogP contribution in [0.1, 0.15) is 18.9 Å². The molecule has 1 heterocycles. The van der Waals surface area contributed by atoms with E-state index in [1.807, 2.05) is 0 Å². The number of carboxylic acid groups (broad SMARTS) is 1. The summed E-state index contributed by atoms with van der Waals surface area (Å²) in [7, 11) is 0. The first-order valence-electron chi connectivity index (χ1n) is 5.91. The number of aliphatic carboxylic acids is 1. The van der Waals surface area contributed by atoms with Crippen molar-refractivity contribution in [3.05, 3.63) is 23.8 Å². The van der Waals surface area contributed by atoms with E-state index in [1.165, 1.54) is 6.92 Å². The number of carboxylic acids is 1. The van der Waals surface area contributed by atoms with Crippen LogP contribution in [0.2, 0.25) is 0 Å². The molecule has 1 aliphatic rings. The van der Waals surface area contributed by atoms with Gasteiger partial charge in [-0.25, -0.2) is 0 Å². The molecule has 0 saturated heterocycles. The minimum Gasteiger partial charge on any atom is -0.481 e. The highest BCUT2D eigenvalue weighted by Gasteiger charge is 2.19. The average Bonchev–Trinajstić information content (AvgIpc) is 2.68. The Labute approximate surface area is 109 Å². The maximum absolute atomic E-state index is 11.6. The molecule has 1 aromatic rings. The highest BCUT2D eigenvalue weighted by Crippen LogP contribution is 2.26. The van der Waals surface area contributed by atoms with Gasteiger partial charge in [-0.15, -0.1) is 0 Å². The van der Waals surface area contributed by atoms with E-state index in [1.54, 1.807) is 18.2 Å². The molecule has 1 aliphatic heterocycles. The molecule has 0 spiro atoms. The third-order valence-electron chi connectivity index (χ3n) is 2.93. The Balaban J connectivity index is 2.01. The third-order valence-corrected chi connectivity index (χ3v) is 2.93. The molecule has 2 amide bonds. The molecule has 6 nitrogen and oxygen atoms in total. The van der Waals surface area contributed by atoms with Crippen LogP contribution in [0.5, 0.6) is 0 Å². The van der Waals surface area contributed by atoms with Crippen molar-refractivity contribution in [1.82, 2.24) is 0 Å². The number of amides is 2. The predicted octanol–water partition coefficient (Wildman–Crippen LogP) is 1.23. The molecule has 0 bridgehead atoms. The first-order valence-corrected chi connectivity index (χ1v) is 5.91. The summed E-state index contributed by atoms with van der Waals surface area (Å²) >= 11 is 0. The van der Waals surface area contributed by atoms with E-state index in [9.17, 15) is 14.4 Å². The van der Waals surface area contributed by atoms with Gasteiger partial charge in [0.25, 0.3) is 0 Å². The van der Waals surface area contributed by atoms with Gasteiger partial charge in [-0.3, -0.25) is 14.4 Å². The van der Waals surface area contributed by atoms with Gasteiger partial charge in [0.2, 0.25) is 11.8 Å². The molecule has 1 aromatic carbocycles. The lowest BCUT2D eigenvalue weighted by atomic mass is 10.1. The lowest BCUT2D eigenvalue weighted by Crippen LogP contribution is -2.20. The zero-order chi connectivity index (χ0) is 14.0. The molecule has 6 heteroatoms. The van der Waals surface area contributed by atoms with Crippen LogP contribution >= 0.6 is 0 Å². The van der Waals surface area contributed by atoms with E-state index >= 15 is 0 Å². The van der Waals surface area contributed by atoms with Gasteiger partial charge >= 0.3 is 5.97 Å². The van der Waals surface area contributed by atoms with E-state index in [-0.39, 0.29) is 18.2 Å². The zero-order valence-electron chi connectivity index (χ0n) is 10.4. The fraction of sp³-hybridized carbons (Fsp3) is 0.308. The first kappa shape index (κ1) is 13.1. The van der Waals surface area contributed by atoms with Crippen LogP contribution in [0.4, 0.5) is 11.4 Å². The van der Waals surface area contributed by atoms with Crippen molar-refractivity contribution in [2.45, 2.75) is 19.8 Å². The second kappa shape index (κ2) is 5.09. The molecule has 1 unspecified atom stereocenters. The van der Waals surface area contributed by atoms with Crippen molar-refractivity contribution < 1.29 is 19.5 Å². The van der Waals surface area contributed by atoms with Gasteiger partial charge < -0.3 is 15.7 Å². The number of hydrogen-bond donors (Lipinski definition) is 3. The van der Waals surface area contributed by atoms with Crippen molar-refractivity contribution in [3.63, 3.8) is 0 Å². The molecule has 0 aliphatic carbocycles. The van der Waals surface area contributed by atoms with Gasteiger partial charge in [-0.05, 0) is 23.8 Å². The SMILES string of the molecule is CC(CC(=O)Nc1ccc2c(c1)CC(=O)N2)C(=O)O. The van der Waals surface area contributed by atoms with Crippen LogP contribution in [0.25, 0.3) is 0 Å². The summed E-state index contributed by atoms with van der Waals surface area (Å²) in [5.41, 5.74) is 2.15. The second-order valence-electron chi connectivity index (χ2n) is 4.59. The van der Waals surface area contributed by atoms with Crippen molar-refractivity contribution in [2.24, 2.45) is 5.92 Å². The number of carbonyl (C=O) groups is 3. The van der Waals surface area contributed by atoms with Crippen molar-refractivity contribution in [2.75, 3.05) is 10.6 Å². The summed E-state index contributed by atoms with van der Waals surface area (Å²) in [6.45, 7) is 1.48. The lowest BCUT2D eigenvalue weighted by Gasteiger charge is -2.08. The fourth-order valence-electron chi connectivity index (χ4n) is 1.88. The molecular weight excluding hydrogens is 248 g/mol. The fourth-order valence-corrected chi connectivity index (χ4v) is 1.88. The van der Waals surface area contributed by atoms with Crippen LogP contribution in [0.3, 0.4) is 0 Å². The normalized spacial score (nSPS) is 14.5. The Kier molecular flexibility index (Phi) is 3.50. The quantitative estimate of drug-likeness (QED) is 0.760. The molecule has 0 radical (unpaired) electrons. The zero-order valence-corrected chi connectivity index (χ0v) is 10.4. The Morgan fingerprint density at radius 2 is 2.21 bits per heavy atom. The molecule has 3 N–H and O–H groups in total. The van der Waals surface area contributed by atoms with Crippen LogP contribution < -0.4 is 10.6 Å². The highest BCUT2D eigenvalue weighted by molar-refractivity contribution is 6.00. The molecule has 100 valence electrons. The van der Waals surface area contributed by atoms with E-state index in [0.717, 1.165) is 11.3 Å². The maximum atomic E-state index is 11.6. The van der Waals surface area contributed by atoms with Gasteiger partial charge in [0.1, 0.15) is 0 Å². The minimum absolute atomic E-state index is 0.0713. The van der Waals surface area contributed by atoms with Crippen LogP contribution in [-0.2, 0) is 20.8 Å². The Morgan fingerprint density at radius 1 is 1.47 bits per heavy atom. The molecule has 2 rings (SSSR count). The number of nitrogens with one attached hydrogen (secondary N) is 2. The Morgan fingerprint density at radius 3 is 2.89 bits per heavy atom. The summed E-state index contributed by atoms with van der Waals surface area (Å²) in [5, 5.41) is 14.1. The smallest absolute Gasteiger partial charge is 0.306 e.